The van der Waals surface area contributed by atoms with Crippen molar-refractivity contribution < 1.29 is 5.11 Å². The highest BCUT2D eigenvalue weighted by Crippen LogP contribution is 2.25. The Morgan fingerprint density at radius 3 is 3.07 bits per heavy atom. The van der Waals surface area contributed by atoms with Gasteiger partial charge in [0.2, 0.25) is 0 Å². The van der Waals surface area contributed by atoms with Gasteiger partial charge in [0.1, 0.15) is 6.61 Å². The van der Waals surface area contributed by atoms with Gasteiger partial charge >= 0.3 is 0 Å². The standard InChI is InChI=1S/C12H16OS2/c1-3-10(2)15-9-12-11(5-4-7-13)6-8-14-12/h6,8,10,13H,3,7,9H2,1-2H3. The molecule has 0 aliphatic carbocycles. The van der Waals surface area contributed by atoms with Crippen molar-refractivity contribution in [3.8, 4) is 11.8 Å². The predicted molar refractivity (Wildman–Crippen MR) is 69.3 cm³/mol. The minimum atomic E-state index is -0.0617. The van der Waals surface area contributed by atoms with Gasteiger partial charge in [-0.05, 0) is 17.9 Å². The number of rotatable bonds is 4. The maximum Gasteiger partial charge on any atom is 0.104 e. The van der Waals surface area contributed by atoms with Crippen LogP contribution in [0.15, 0.2) is 11.4 Å². The molecule has 1 N–H and O–H groups in total. The van der Waals surface area contributed by atoms with Crippen molar-refractivity contribution >= 4 is 23.1 Å². The molecule has 0 saturated carbocycles. The van der Waals surface area contributed by atoms with Crippen LogP contribution in [-0.4, -0.2) is 17.0 Å². The lowest BCUT2D eigenvalue weighted by molar-refractivity contribution is 0.350. The Morgan fingerprint density at radius 2 is 2.40 bits per heavy atom. The van der Waals surface area contributed by atoms with Gasteiger partial charge in [0.15, 0.2) is 0 Å². The Kier molecular flexibility index (Phi) is 5.85. The Labute approximate surface area is 99.9 Å². The van der Waals surface area contributed by atoms with Crippen LogP contribution in [0.3, 0.4) is 0 Å². The third-order valence-corrected chi connectivity index (χ3v) is 4.58. The Hall–Kier alpha value is -0.430. The molecule has 1 heterocycles. The summed E-state index contributed by atoms with van der Waals surface area (Å²) in [6.45, 7) is 4.39. The van der Waals surface area contributed by atoms with E-state index in [-0.39, 0.29) is 6.61 Å². The average molecular weight is 240 g/mol. The number of hydrogen-bond acceptors (Lipinski definition) is 3. The summed E-state index contributed by atoms with van der Waals surface area (Å²) in [6, 6.07) is 2.03. The van der Waals surface area contributed by atoms with Crippen LogP contribution < -0.4 is 0 Å². The van der Waals surface area contributed by atoms with E-state index in [1.54, 1.807) is 11.3 Å². The zero-order valence-corrected chi connectivity index (χ0v) is 10.8. The fourth-order valence-electron chi connectivity index (χ4n) is 1.03. The van der Waals surface area contributed by atoms with E-state index in [1.165, 1.54) is 11.3 Å². The highest BCUT2D eigenvalue weighted by molar-refractivity contribution is 7.99. The molecule has 0 aliphatic rings. The zero-order valence-electron chi connectivity index (χ0n) is 9.12. The van der Waals surface area contributed by atoms with Crippen molar-refractivity contribution in [3.63, 3.8) is 0 Å². The summed E-state index contributed by atoms with van der Waals surface area (Å²) in [6.07, 6.45) is 1.20. The number of hydrogen-bond donors (Lipinski definition) is 1. The maximum atomic E-state index is 8.64. The average Bonchev–Trinajstić information content (AvgIpc) is 2.70. The first kappa shape index (κ1) is 12.6. The van der Waals surface area contributed by atoms with Crippen LogP contribution in [0, 0.1) is 11.8 Å². The molecule has 0 aromatic carbocycles. The van der Waals surface area contributed by atoms with Crippen LogP contribution in [0.5, 0.6) is 0 Å². The second kappa shape index (κ2) is 6.95. The fraction of sp³-hybridized carbons (Fsp3) is 0.500. The van der Waals surface area contributed by atoms with Gasteiger partial charge in [-0.3, -0.25) is 0 Å². The molecule has 1 aromatic heterocycles. The van der Waals surface area contributed by atoms with E-state index in [9.17, 15) is 0 Å². The fourth-order valence-corrected chi connectivity index (χ4v) is 2.95. The molecule has 1 atom stereocenters. The second-order valence-corrected chi connectivity index (χ2v) is 5.67. The highest BCUT2D eigenvalue weighted by atomic mass is 32.2. The summed E-state index contributed by atoms with van der Waals surface area (Å²) in [4.78, 5) is 1.32. The molecule has 0 aliphatic heterocycles. The molecular weight excluding hydrogens is 224 g/mol. The van der Waals surface area contributed by atoms with Gasteiger partial charge in [-0.15, -0.1) is 11.3 Å². The van der Waals surface area contributed by atoms with Gasteiger partial charge in [0, 0.05) is 21.4 Å². The number of thioether (sulfide) groups is 1. The topological polar surface area (TPSA) is 20.2 Å². The number of thiophene rings is 1. The smallest absolute Gasteiger partial charge is 0.104 e. The van der Waals surface area contributed by atoms with Gasteiger partial charge in [-0.1, -0.05) is 25.7 Å². The molecule has 0 bridgehead atoms. The molecule has 15 heavy (non-hydrogen) atoms. The molecular formula is C12H16OS2. The van der Waals surface area contributed by atoms with E-state index in [4.69, 9.17) is 5.11 Å². The Balaban J connectivity index is 2.57. The minimum Gasteiger partial charge on any atom is -0.384 e. The third kappa shape index (κ3) is 4.29. The van der Waals surface area contributed by atoms with Crippen LogP contribution in [0.4, 0.5) is 0 Å². The maximum absolute atomic E-state index is 8.64. The minimum absolute atomic E-state index is 0.0617. The molecule has 1 nitrogen and oxygen atoms in total. The van der Waals surface area contributed by atoms with E-state index >= 15 is 0 Å². The SMILES string of the molecule is CCC(C)SCc1sccc1C#CCO. The van der Waals surface area contributed by atoms with E-state index < -0.39 is 0 Å². The molecule has 82 valence electrons. The lowest BCUT2D eigenvalue weighted by Crippen LogP contribution is -1.93. The van der Waals surface area contributed by atoms with E-state index in [0.29, 0.717) is 5.25 Å². The molecule has 3 heteroatoms. The molecule has 1 aromatic rings. The van der Waals surface area contributed by atoms with Crippen LogP contribution in [0.25, 0.3) is 0 Å². The third-order valence-electron chi connectivity index (χ3n) is 2.12. The normalized spacial score (nSPS) is 11.9. The molecule has 1 unspecified atom stereocenters. The van der Waals surface area contributed by atoms with E-state index in [1.807, 2.05) is 17.8 Å². The first-order chi connectivity index (χ1) is 7.27. The van der Waals surface area contributed by atoms with Gasteiger partial charge in [0.25, 0.3) is 0 Å². The molecule has 0 radical (unpaired) electrons. The van der Waals surface area contributed by atoms with Crippen LogP contribution in [-0.2, 0) is 5.75 Å². The van der Waals surface area contributed by atoms with Gasteiger partial charge in [0.05, 0.1) is 0 Å². The monoisotopic (exact) mass is 240 g/mol. The van der Waals surface area contributed by atoms with Gasteiger partial charge < -0.3 is 5.11 Å². The van der Waals surface area contributed by atoms with Gasteiger partial charge in [-0.25, -0.2) is 0 Å². The number of aliphatic hydroxyl groups excluding tert-OH is 1. The Bertz CT molecular complexity index is 346. The molecule has 1 rings (SSSR count). The molecule has 0 fully saturated rings. The van der Waals surface area contributed by atoms with Crippen LogP contribution >= 0.6 is 23.1 Å². The molecule has 0 amide bonds. The van der Waals surface area contributed by atoms with Crippen molar-refractivity contribution in [1.82, 2.24) is 0 Å². The van der Waals surface area contributed by atoms with Crippen LogP contribution in [0.2, 0.25) is 0 Å². The molecule has 0 spiro atoms. The first-order valence-electron chi connectivity index (χ1n) is 5.05. The summed E-state index contributed by atoms with van der Waals surface area (Å²) in [7, 11) is 0. The second-order valence-electron chi connectivity index (χ2n) is 3.25. The number of aliphatic hydroxyl groups is 1. The van der Waals surface area contributed by atoms with Crippen molar-refractivity contribution in [1.29, 1.82) is 0 Å². The van der Waals surface area contributed by atoms with Crippen molar-refractivity contribution in [3.05, 3.63) is 21.9 Å². The Morgan fingerprint density at radius 1 is 1.60 bits per heavy atom. The van der Waals surface area contributed by atoms with E-state index in [0.717, 1.165) is 11.3 Å². The molecule has 0 saturated heterocycles. The quantitative estimate of drug-likeness (QED) is 0.816. The van der Waals surface area contributed by atoms with Crippen LogP contribution in [0.1, 0.15) is 30.7 Å². The summed E-state index contributed by atoms with van der Waals surface area (Å²) >= 11 is 3.71. The summed E-state index contributed by atoms with van der Waals surface area (Å²) < 4.78 is 0. The summed E-state index contributed by atoms with van der Waals surface area (Å²) in [5.41, 5.74) is 1.07. The highest BCUT2D eigenvalue weighted by Gasteiger charge is 2.04. The predicted octanol–water partition coefficient (Wildman–Crippen LogP) is 3.12. The van der Waals surface area contributed by atoms with Gasteiger partial charge in [-0.2, -0.15) is 11.8 Å². The summed E-state index contributed by atoms with van der Waals surface area (Å²) in [5.74, 6) is 6.71. The zero-order chi connectivity index (χ0) is 11.1. The lowest BCUT2D eigenvalue weighted by atomic mass is 10.3. The summed E-state index contributed by atoms with van der Waals surface area (Å²) in [5, 5.41) is 11.4. The lowest BCUT2D eigenvalue weighted by Gasteiger charge is -2.06. The largest absolute Gasteiger partial charge is 0.384 e. The van der Waals surface area contributed by atoms with Crippen molar-refractivity contribution in [2.75, 3.05) is 6.61 Å². The van der Waals surface area contributed by atoms with Crippen molar-refractivity contribution in [2.24, 2.45) is 0 Å². The van der Waals surface area contributed by atoms with Crippen molar-refractivity contribution in [2.45, 2.75) is 31.3 Å². The van der Waals surface area contributed by atoms with E-state index in [2.05, 4.69) is 31.1 Å². The first-order valence-corrected chi connectivity index (χ1v) is 6.98.